The van der Waals surface area contributed by atoms with Gasteiger partial charge in [-0.15, -0.1) is 0 Å². The minimum absolute atomic E-state index is 0.376. The molecule has 0 aliphatic carbocycles. The lowest BCUT2D eigenvalue weighted by atomic mass is 9.86. The number of fused-ring (bicyclic) bond motifs is 1. The topological polar surface area (TPSA) is 42.4 Å². The summed E-state index contributed by atoms with van der Waals surface area (Å²) in [7, 11) is 0. The second kappa shape index (κ2) is 4.09. The van der Waals surface area contributed by atoms with Crippen LogP contribution in [0.5, 0.6) is 0 Å². The maximum absolute atomic E-state index is 10.7. The van der Waals surface area contributed by atoms with Crippen LogP contribution in [-0.2, 0) is 10.3 Å². The Balaban J connectivity index is 2.16. The first kappa shape index (κ1) is 10.7. The van der Waals surface area contributed by atoms with Crippen molar-refractivity contribution >= 4 is 10.8 Å². The molecule has 0 saturated carbocycles. The first-order valence-electron chi connectivity index (χ1n) is 5.93. The second-order valence-corrected chi connectivity index (χ2v) is 4.59. The van der Waals surface area contributed by atoms with E-state index in [4.69, 9.17) is 4.74 Å². The van der Waals surface area contributed by atoms with Gasteiger partial charge in [0.05, 0.1) is 6.61 Å². The summed E-state index contributed by atoms with van der Waals surface area (Å²) >= 11 is 0. The van der Waals surface area contributed by atoms with Crippen molar-refractivity contribution in [1.29, 1.82) is 0 Å². The molecule has 1 aromatic carbocycles. The first-order valence-corrected chi connectivity index (χ1v) is 5.93. The molecule has 1 unspecified atom stereocenters. The van der Waals surface area contributed by atoms with Crippen LogP contribution >= 0.6 is 0 Å². The third kappa shape index (κ3) is 1.81. The van der Waals surface area contributed by atoms with Gasteiger partial charge >= 0.3 is 0 Å². The zero-order chi connectivity index (χ0) is 11.7. The molecule has 17 heavy (non-hydrogen) atoms. The highest BCUT2D eigenvalue weighted by molar-refractivity contribution is 5.85. The molecule has 1 aromatic heterocycles. The van der Waals surface area contributed by atoms with Gasteiger partial charge in [-0.25, -0.2) is 0 Å². The average molecular weight is 229 g/mol. The molecule has 0 radical (unpaired) electrons. The van der Waals surface area contributed by atoms with E-state index < -0.39 is 5.60 Å². The predicted molar refractivity (Wildman–Crippen MR) is 65.7 cm³/mol. The number of aromatic nitrogens is 1. The Morgan fingerprint density at radius 2 is 2.24 bits per heavy atom. The van der Waals surface area contributed by atoms with Crippen LogP contribution in [0.15, 0.2) is 36.7 Å². The van der Waals surface area contributed by atoms with E-state index >= 15 is 0 Å². The Bertz CT molecular complexity index is 527. The smallest absolute Gasteiger partial charge is 0.114 e. The third-order valence-corrected chi connectivity index (χ3v) is 3.40. The fourth-order valence-corrected chi connectivity index (χ4v) is 2.51. The van der Waals surface area contributed by atoms with Gasteiger partial charge in [0.25, 0.3) is 0 Å². The number of benzene rings is 1. The maximum Gasteiger partial charge on any atom is 0.114 e. The van der Waals surface area contributed by atoms with Crippen LogP contribution in [0, 0.1) is 0 Å². The molecule has 0 amide bonds. The van der Waals surface area contributed by atoms with E-state index in [1.165, 1.54) is 0 Å². The summed E-state index contributed by atoms with van der Waals surface area (Å²) < 4.78 is 5.42. The molecule has 2 heterocycles. The van der Waals surface area contributed by atoms with Crippen LogP contribution in [0.3, 0.4) is 0 Å². The summed E-state index contributed by atoms with van der Waals surface area (Å²) in [4.78, 5) is 4.15. The molecule has 88 valence electrons. The number of hydrogen-bond acceptors (Lipinski definition) is 3. The zero-order valence-corrected chi connectivity index (χ0v) is 9.60. The molecule has 3 rings (SSSR count). The summed E-state index contributed by atoms with van der Waals surface area (Å²) in [6.07, 6.45) is 5.24. The van der Waals surface area contributed by atoms with Crippen molar-refractivity contribution in [3.63, 3.8) is 0 Å². The van der Waals surface area contributed by atoms with Crippen LogP contribution in [0.25, 0.3) is 10.8 Å². The lowest BCUT2D eigenvalue weighted by molar-refractivity contribution is -0.0893. The van der Waals surface area contributed by atoms with Crippen LogP contribution in [0.2, 0.25) is 0 Å². The lowest BCUT2D eigenvalue weighted by Gasteiger charge is -2.33. The molecule has 1 atom stereocenters. The molecule has 0 spiro atoms. The van der Waals surface area contributed by atoms with E-state index in [0.29, 0.717) is 6.61 Å². The van der Waals surface area contributed by atoms with Gasteiger partial charge in [-0.2, -0.15) is 0 Å². The average Bonchev–Trinajstić information content (AvgIpc) is 2.39. The van der Waals surface area contributed by atoms with Gasteiger partial charge in [0.15, 0.2) is 0 Å². The van der Waals surface area contributed by atoms with E-state index in [-0.39, 0.29) is 0 Å². The molecule has 1 aliphatic heterocycles. The Morgan fingerprint density at radius 3 is 3.06 bits per heavy atom. The summed E-state index contributed by atoms with van der Waals surface area (Å²) in [6.45, 7) is 1.12. The predicted octanol–water partition coefficient (Wildman–Crippen LogP) is 2.23. The van der Waals surface area contributed by atoms with E-state index in [1.807, 2.05) is 30.5 Å². The summed E-state index contributed by atoms with van der Waals surface area (Å²) in [5.41, 5.74) is 0.0728. The third-order valence-electron chi connectivity index (χ3n) is 3.40. The van der Waals surface area contributed by atoms with Gasteiger partial charge < -0.3 is 9.84 Å². The van der Waals surface area contributed by atoms with Crippen molar-refractivity contribution in [3.8, 4) is 0 Å². The number of ether oxygens (including phenoxy) is 1. The fraction of sp³-hybridized carbons (Fsp3) is 0.357. The quantitative estimate of drug-likeness (QED) is 0.815. The maximum atomic E-state index is 10.7. The lowest BCUT2D eigenvalue weighted by Crippen LogP contribution is -2.36. The number of pyridine rings is 1. The van der Waals surface area contributed by atoms with Crippen molar-refractivity contribution in [2.24, 2.45) is 0 Å². The van der Waals surface area contributed by atoms with Crippen molar-refractivity contribution in [1.82, 2.24) is 4.98 Å². The van der Waals surface area contributed by atoms with Gasteiger partial charge in [-0.3, -0.25) is 4.98 Å². The summed E-state index contributed by atoms with van der Waals surface area (Å²) in [5, 5.41) is 12.8. The molecule has 1 N–H and O–H groups in total. The molecular weight excluding hydrogens is 214 g/mol. The van der Waals surface area contributed by atoms with Gasteiger partial charge in [0.1, 0.15) is 5.60 Å². The fourth-order valence-electron chi connectivity index (χ4n) is 2.51. The summed E-state index contributed by atoms with van der Waals surface area (Å²) in [5.74, 6) is 0. The van der Waals surface area contributed by atoms with Gasteiger partial charge in [-0.1, -0.05) is 18.2 Å². The number of nitrogens with zero attached hydrogens (tertiary/aromatic N) is 1. The molecule has 1 saturated heterocycles. The standard InChI is InChI=1S/C14H15NO2/c16-14(6-2-8-17-10-14)13-4-1-3-11-5-7-15-9-12(11)13/h1,3-5,7,9,16H,2,6,8,10H2. The Hall–Kier alpha value is -1.45. The van der Waals surface area contributed by atoms with Crippen LogP contribution in [0.1, 0.15) is 18.4 Å². The van der Waals surface area contributed by atoms with Gasteiger partial charge in [0.2, 0.25) is 0 Å². The van der Waals surface area contributed by atoms with E-state index in [1.54, 1.807) is 6.20 Å². The molecule has 2 aromatic rings. The highest BCUT2D eigenvalue weighted by Crippen LogP contribution is 2.34. The largest absolute Gasteiger partial charge is 0.383 e. The highest BCUT2D eigenvalue weighted by atomic mass is 16.5. The summed E-state index contributed by atoms with van der Waals surface area (Å²) in [6, 6.07) is 7.95. The van der Waals surface area contributed by atoms with Crippen molar-refractivity contribution < 1.29 is 9.84 Å². The van der Waals surface area contributed by atoms with Gasteiger partial charge in [-0.05, 0) is 29.9 Å². The van der Waals surface area contributed by atoms with Crippen LogP contribution in [-0.4, -0.2) is 23.3 Å². The number of rotatable bonds is 1. The monoisotopic (exact) mass is 229 g/mol. The second-order valence-electron chi connectivity index (χ2n) is 4.59. The van der Waals surface area contributed by atoms with Crippen molar-refractivity contribution in [2.75, 3.05) is 13.2 Å². The minimum Gasteiger partial charge on any atom is -0.383 e. The molecule has 3 nitrogen and oxygen atoms in total. The molecule has 0 bridgehead atoms. The van der Waals surface area contributed by atoms with E-state index in [0.717, 1.165) is 35.8 Å². The Morgan fingerprint density at radius 1 is 1.29 bits per heavy atom. The number of aliphatic hydroxyl groups is 1. The number of hydrogen-bond donors (Lipinski definition) is 1. The van der Waals surface area contributed by atoms with Crippen molar-refractivity contribution in [2.45, 2.75) is 18.4 Å². The van der Waals surface area contributed by atoms with E-state index in [9.17, 15) is 5.11 Å². The highest BCUT2D eigenvalue weighted by Gasteiger charge is 2.33. The molecule has 1 fully saturated rings. The van der Waals surface area contributed by atoms with Gasteiger partial charge in [0, 0.05) is 24.4 Å². The Labute approximate surface area is 100 Å². The van der Waals surface area contributed by atoms with E-state index in [2.05, 4.69) is 4.98 Å². The zero-order valence-electron chi connectivity index (χ0n) is 9.60. The molecular formula is C14H15NO2. The SMILES string of the molecule is OC1(c2cccc3ccncc23)CCCOC1. The van der Waals surface area contributed by atoms with Crippen molar-refractivity contribution in [3.05, 3.63) is 42.2 Å². The molecule has 3 heteroatoms. The minimum atomic E-state index is -0.860. The molecule has 1 aliphatic rings. The first-order chi connectivity index (χ1) is 8.30. The van der Waals surface area contributed by atoms with Crippen LogP contribution < -0.4 is 0 Å². The normalized spacial score (nSPS) is 25.0. The Kier molecular flexibility index (Phi) is 2.57. The van der Waals surface area contributed by atoms with Crippen LogP contribution in [0.4, 0.5) is 0 Å².